The Labute approximate surface area is 113 Å². The van der Waals surface area contributed by atoms with Gasteiger partial charge in [-0.25, -0.2) is 14.4 Å². The summed E-state index contributed by atoms with van der Waals surface area (Å²) in [6, 6.07) is 5.74. The molecule has 81 valence electrons. The van der Waals surface area contributed by atoms with Crippen molar-refractivity contribution in [2.75, 3.05) is 0 Å². The minimum absolute atomic E-state index is 0.171. The SMILES string of the molecule is Fc1cc(-c2[c]cc(Cl)c(Br)n2)cnc1Br. The minimum atomic E-state index is -0.446. The van der Waals surface area contributed by atoms with Gasteiger partial charge in [-0.05, 0) is 44.0 Å². The zero-order valence-electron chi connectivity index (χ0n) is 7.64. The Hall–Kier alpha value is -0.520. The number of aromatic nitrogens is 2. The average Bonchev–Trinajstić information content (AvgIpc) is 2.26. The molecule has 0 atom stereocenters. The first-order valence-electron chi connectivity index (χ1n) is 4.13. The lowest BCUT2D eigenvalue weighted by Gasteiger charge is -2.02. The summed E-state index contributed by atoms with van der Waals surface area (Å²) in [7, 11) is 0. The van der Waals surface area contributed by atoms with E-state index >= 15 is 0 Å². The van der Waals surface area contributed by atoms with Crippen molar-refractivity contribution in [1.82, 2.24) is 9.97 Å². The van der Waals surface area contributed by atoms with E-state index in [1.54, 1.807) is 6.07 Å². The van der Waals surface area contributed by atoms with Gasteiger partial charge in [0, 0.05) is 17.8 Å². The summed E-state index contributed by atoms with van der Waals surface area (Å²) in [6.45, 7) is 0. The first-order chi connectivity index (χ1) is 7.58. The van der Waals surface area contributed by atoms with E-state index in [-0.39, 0.29) is 4.60 Å². The van der Waals surface area contributed by atoms with Gasteiger partial charge in [0.1, 0.15) is 9.21 Å². The zero-order chi connectivity index (χ0) is 11.7. The van der Waals surface area contributed by atoms with E-state index < -0.39 is 5.82 Å². The maximum Gasteiger partial charge on any atom is 0.156 e. The van der Waals surface area contributed by atoms with E-state index in [4.69, 9.17) is 11.6 Å². The summed E-state index contributed by atoms with van der Waals surface area (Å²) in [6.07, 6.45) is 1.51. The third kappa shape index (κ3) is 2.42. The molecule has 6 heteroatoms. The summed E-state index contributed by atoms with van der Waals surface area (Å²) in [5.41, 5.74) is 1.02. The zero-order valence-corrected chi connectivity index (χ0v) is 11.6. The Morgan fingerprint density at radius 3 is 2.69 bits per heavy atom. The average molecular weight is 365 g/mol. The highest BCUT2D eigenvalue weighted by Gasteiger charge is 2.07. The summed E-state index contributed by atoms with van der Waals surface area (Å²) < 4.78 is 13.9. The molecule has 0 amide bonds. The quantitative estimate of drug-likeness (QED) is 0.706. The van der Waals surface area contributed by atoms with E-state index in [0.29, 0.717) is 20.9 Å². The van der Waals surface area contributed by atoms with Crippen LogP contribution >= 0.6 is 43.5 Å². The second-order valence-electron chi connectivity index (χ2n) is 2.88. The van der Waals surface area contributed by atoms with Crippen LogP contribution in [-0.2, 0) is 0 Å². The molecule has 0 aliphatic heterocycles. The van der Waals surface area contributed by atoms with Gasteiger partial charge in [-0.15, -0.1) is 0 Å². The molecule has 0 unspecified atom stereocenters. The van der Waals surface area contributed by atoms with Gasteiger partial charge in [0.15, 0.2) is 5.82 Å². The molecule has 2 aromatic rings. The van der Waals surface area contributed by atoms with Crippen LogP contribution in [0.2, 0.25) is 5.02 Å². The highest BCUT2D eigenvalue weighted by atomic mass is 79.9. The van der Waals surface area contributed by atoms with Gasteiger partial charge >= 0.3 is 0 Å². The molecule has 0 bridgehead atoms. The van der Waals surface area contributed by atoms with Crippen LogP contribution in [0.3, 0.4) is 0 Å². The van der Waals surface area contributed by atoms with E-state index in [1.807, 2.05) is 0 Å². The van der Waals surface area contributed by atoms with Crippen LogP contribution in [-0.4, -0.2) is 9.97 Å². The van der Waals surface area contributed by atoms with Gasteiger partial charge in [-0.3, -0.25) is 0 Å². The molecule has 0 aliphatic rings. The summed E-state index contributed by atoms with van der Waals surface area (Å²) in [5.74, 6) is -0.446. The standard InChI is InChI=1S/C10H3Br2ClFN2/c11-9-6(13)1-2-8(16-9)5-3-7(14)10(12)15-4-5/h1,3-4H. The van der Waals surface area contributed by atoms with Crippen molar-refractivity contribution in [2.45, 2.75) is 0 Å². The van der Waals surface area contributed by atoms with Crippen molar-refractivity contribution >= 4 is 43.5 Å². The lowest BCUT2D eigenvalue weighted by Crippen LogP contribution is -1.89. The number of hydrogen-bond donors (Lipinski definition) is 0. The molecule has 2 aromatic heterocycles. The van der Waals surface area contributed by atoms with E-state index in [9.17, 15) is 4.39 Å². The second-order valence-corrected chi connectivity index (χ2v) is 4.79. The van der Waals surface area contributed by atoms with Crippen molar-refractivity contribution in [3.63, 3.8) is 0 Å². The molecule has 0 aliphatic carbocycles. The van der Waals surface area contributed by atoms with Crippen molar-refractivity contribution in [1.29, 1.82) is 0 Å². The smallest absolute Gasteiger partial charge is 0.156 e. The third-order valence-electron chi connectivity index (χ3n) is 1.81. The second kappa shape index (κ2) is 4.77. The van der Waals surface area contributed by atoms with Gasteiger partial charge in [-0.1, -0.05) is 11.6 Å². The van der Waals surface area contributed by atoms with E-state index in [1.165, 1.54) is 12.3 Å². The van der Waals surface area contributed by atoms with Crippen LogP contribution in [0.15, 0.2) is 27.5 Å². The Morgan fingerprint density at radius 2 is 2.06 bits per heavy atom. The molecular formula is C10H3Br2ClFN2. The number of nitrogens with zero attached hydrogens (tertiary/aromatic N) is 2. The van der Waals surface area contributed by atoms with Gasteiger partial charge in [0.05, 0.1) is 10.7 Å². The van der Waals surface area contributed by atoms with Crippen molar-refractivity contribution in [3.05, 3.63) is 44.4 Å². The Balaban J connectivity index is 2.50. The number of halogens is 4. The monoisotopic (exact) mass is 363 g/mol. The lowest BCUT2D eigenvalue weighted by molar-refractivity contribution is 0.613. The largest absolute Gasteiger partial charge is 0.246 e. The van der Waals surface area contributed by atoms with Crippen molar-refractivity contribution in [3.8, 4) is 11.3 Å². The van der Waals surface area contributed by atoms with Crippen LogP contribution < -0.4 is 0 Å². The Kier molecular flexibility index (Phi) is 3.56. The van der Waals surface area contributed by atoms with Gasteiger partial charge in [0.2, 0.25) is 0 Å². The molecule has 2 rings (SSSR count). The van der Waals surface area contributed by atoms with Crippen LogP contribution in [0.1, 0.15) is 0 Å². The Bertz CT molecular complexity index is 499. The maximum atomic E-state index is 13.3. The van der Waals surface area contributed by atoms with Crippen LogP contribution in [0.5, 0.6) is 0 Å². The first kappa shape index (κ1) is 12.0. The molecule has 0 aromatic carbocycles. The minimum Gasteiger partial charge on any atom is -0.246 e. The van der Waals surface area contributed by atoms with Gasteiger partial charge in [-0.2, -0.15) is 0 Å². The van der Waals surface area contributed by atoms with Crippen LogP contribution in [0, 0.1) is 11.9 Å². The molecule has 1 radical (unpaired) electrons. The fourth-order valence-electron chi connectivity index (χ4n) is 1.07. The molecule has 0 N–H and O–H groups in total. The molecule has 0 saturated heterocycles. The predicted molar refractivity (Wildman–Crippen MR) is 66.7 cm³/mol. The highest BCUT2D eigenvalue weighted by molar-refractivity contribution is 9.10. The van der Waals surface area contributed by atoms with E-state index in [2.05, 4.69) is 47.9 Å². The fraction of sp³-hybridized carbons (Fsp3) is 0. The molecule has 0 spiro atoms. The third-order valence-corrected chi connectivity index (χ3v) is 3.52. The first-order valence-corrected chi connectivity index (χ1v) is 6.09. The summed E-state index contributed by atoms with van der Waals surface area (Å²) in [4.78, 5) is 7.96. The molecule has 0 saturated carbocycles. The summed E-state index contributed by atoms with van der Waals surface area (Å²) in [5, 5.41) is 0.453. The number of pyridine rings is 2. The predicted octanol–water partition coefficient (Wildman–Crippen LogP) is 4.26. The molecule has 0 fully saturated rings. The van der Waals surface area contributed by atoms with E-state index in [0.717, 1.165) is 0 Å². The van der Waals surface area contributed by atoms with Crippen molar-refractivity contribution in [2.24, 2.45) is 0 Å². The highest BCUT2D eigenvalue weighted by Crippen LogP contribution is 2.25. The fourth-order valence-corrected chi connectivity index (χ4v) is 1.68. The molecular weight excluding hydrogens is 362 g/mol. The van der Waals surface area contributed by atoms with Gasteiger partial charge in [0.25, 0.3) is 0 Å². The van der Waals surface area contributed by atoms with Crippen LogP contribution in [0.25, 0.3) is 11.3 Å². The normalized spacial score (nSPS) is 10.5. The molecule has 2 nitrogen and oxygen atoms in total. The topological polar surface area (TPSA) is 25.8 Å². The molecule has 2 heterocycles. The van der Waals surface area contributed by atoms with Crippen molar-refractivity contribution < 1.29 is 4.39 Å². The van der Waals surface area contributed by atoms with Gasteiger partial charge < -0.3 is 0 Å². The maximum absolute atomic E-state index is 13.3. The Morgan fingerprint density at radius 1 is 1.31 bits per heavy atom. The molecule has 16 heavy (non-hydrogen) atoms. The number of hydrogen-bond acceptors (Lipinski definition) is 2. The van der Waals surface area contributed by atoms with Crippen LogP contribution in [0.4, 0.5) is 4.39 Å². The number of rotatable bonds is 1. The summed E-state index contributed by atoms with van der Waals surface area (Å²) >= 11 is 12.0. The lowest BCUT2D eigenvalue weighted by atomic mass is 10.2.